The van der Waals surface area contributed by atoms with Gasteiger partial charge in [0.1, 0.15) is 0 Å². The van der Waals surface area contributed by atoms with Crippen LogP contribution in [0, 0.1) is 11.8 Å². The molecule has 2 fully saturated rings. The summed E-state index contributed by atoms with van der Waals surface area (Å²) in [7, 11) is 0. The van der Waals surface area contributed by atoms with Crippen molar-refractivity contribution in [2.45, 2.75) is 23.3 Å². The van der Waals surface area contributed by atoms with Crippen molar-refractivity contribution in [3.63, 3.8) is 0 Å². The lowest BCUT2D eigenvalue weighted by Gasteiger charge is -2.26. The molecular weight excluding hydrogens is 302 g/mol. The summed E-state index contributed by atoms with van der Waals surface area (Å²) in [5.41, 5.74) is 0.495. The van der Waals surface area contributed by atoms with Crippen LogP contribution in [0.1, 0.15) is 18.4 Å². The first-order valence-corrected chi connectivity index (χ1v) is 9.40. The van der Waals surface area contributed by atoms with E-state index in [0.29, 0.717) is 11.8 Å². The third-order valence-electron chi connectivity index (χ3n) is 5.32. The van der Waals surface area contributed by atoms with Crippen LogP contribution < -0.4 is 0 Å². The molecule has 3 heteroatoms. The molecule has 3 atom stereocenters. The third-order valence-corrected chi connectivity index (χ3v) is 6.42. The predicted molar refractivity (Wildman–Crippen MR) is 95.3 cm³/mol. The van der Waals surface area contributed by atoms with Crippen LogP contribution in [0.25, 0.3) is 0 Å². The zero-order chi connectivity index (χ0) is 15.7. The van der Waals surface area contributed by atoms with Crippen LogP contribution >= 0.6 is 11.8 Å². The molecule has 1 heterocycles. The van der Waals surface area contributed by atoms with E-state index in [9.17, 15) is 5.11 Å². The third kappa shape index (κ3) is 3.18. The van der Waals surface area contributed by atoms with E-state index in [1.807, 2.05) is 30.0 Å². The molecule has 23 heavy (non-hydrogen) atoms. The van der Waals surface area contributed by atoms with E-state index >= 15 is 0 Å². The summed E-state index contributed by atoms with van der Waals surface area (Å²) in [4.78, 5) is 3.89. The van der Waals surface area contributed by atoms with Crippen molar-refractivity contribution in [2.24, 2.45) is 11.8 Å². The SMILES string of the molecule is OC1(c2ccccc2)C[C@H]2CN(CSc3ccccc3)C[C@H]2C1. The minimum absolute atomic E-state index is 0.602. The Labute approximate surface area is 142 Å². The Bertz CT molecular complexity index is 631. The van der Waals surface area contributed by atoms with E-state index < -0.39 is 5.60 Å². The monoisotopic (exact) mass is 325 g/mol. The maximum Gasteiger partial charge on any atom is 0.0903 e. The van der Waals surface area contributed by atoms with Crippen LogP contribution in [0.2, 0.25) is 0 Å². The number of nitrogens with zero attached hydrogens (tertiary/aromatic N) is 1. The fourth-order valence-corrected chi connectivity index (χ4v) is 5.11. The number of hydrogen-bond acceptors (Lipinski definition) is 3. The fraction of sp³-hybridized carbons (Fsp3) is 0.400. The van der Waals surface area contributed by atoms with Gasteiger partial charge in [0.2, 0.25) is 0 Å². The molecule has 0 aromatic heterocycles. The summed E-state index contributed by atoms with van der Waals surface area (Å²) in [6.07, 6.45) is 1.82. The highest BCUT2D eigenvalue weighted by Gasteiger charge is 2.48. The highest BCUT2D eigenvalue weighted by Crippen LogP contribution is 2.49. The van der Waals surface area contributed by atoms with E-state index in [-0.39, 0.29) is 0 Å². The molecule has 120 valence electrons. The quantitative estimate of drug-likeness (QED) is 0.861. The van der Waals surface area contributed by atoms with Gasteiger partial charge >= 0.3 is 0 Å². The number of likely N-dealkylation sites (tertiary alicyclic amines) is 1. The average Bonchev–Trinajstić information content (AvgIpc) is 3.10. The minimum atomic E-state index is -0.602. The molecule has 1 saturated heterocycles. The van der Waals surface area contributed by atoms with Crippen LogP contribution in [-0.4, -0.2) is 29.0 Å². The molecule has 0 amide bonds. The lowest BCUT2D eigenvalue weighted by Crippen LogP contribution is -2.28. The standard InChI is InChI=1S/C20H23NOS/c22-20(18-7-3-1-4-8-18)11-16-13-21(14-17(16)12-20)15-23-19-9-5-2-6-10-19/h1-10,16-17,22H,11-15H2/t16-,17+,20?. The van der Waals surface area contributed by atoms with Crippen LogP contribution in [0.5, 0.6) is 0 Å². The second kappa shape index (κ2) is 6.31. The molecule has 4 rings (SSSR count). The van der Waals surface area contributed by atoms with Crippen molar-refractivity contribution in [1.82, 2.24) is 4.90 Å². The Morgan fingerprint density at radius 1 is 0.913 bits per heavy atom. The number of fused-ring (bicyclic) bond motifs is 1. The predicted octanol–water partition coefficient (Wildman–Crippen LogP) is 3.97. The first-order chi connectivity index (χ1) is 11.2. The summed E-state index contributed by atoms with van der Waals surface area (Å²) >= 11 is 1.92. The summed E-state index contributed by atoms with van der Waals surface area (Å²) in [5, 5.41) is 11.0. The topological polar surface area (TPSA) is 23.5 Å². The van der Waals surface area contributed by atoms with Gasteiger partial charge in [-0.25, -0.2) is 0 Å². The molecule has 1 aliphatic heterocycles. The van der Waals surface area contributed by atoms with Gasteiger partial charge in [-0.3, -0.25) is 4.90 Å². The highest BCUT2D eigenvalue weighted by molar-refractivity contribution is 7.99. The first kappa shape index (κ1) is 15.3. The molecule has 0 bridgehead atoms. The molecule has 2 aliphatic rings. The first-order valence-electron chi connectivity index (χ1n) is 8.41. The van der Waals surface area contributed by atoms with Crippen LogP contribution in [0.15, 0.2) is 65.6 Å². The van der Waals surface area contributed by atoms with E-state index in [4.69, 9.17) is 0 Å². The van der Waals surface area contributed by atoms with Gasteiger partial charge in [0, 0.05) is 23.9 Å². The molecular formula is C20H23NOS. The zero-order valence-electron chi connectivity index (χ0n) is 13.3. The summed E-state index contributed by atoms with van der Waals surface area (Å²) in [6, 6.07) is 20.8. The van der Waals surface area contributed by atoms with Crippen LogP contribution in [0.4, 0.5) is 0 Å². The van der Waals surface area contributed by atoms with Gasteiger partial charge < -0.3 is 5.11 Å². The molecule has 0 radical (unpaired) electrons. The lowest BCUT2D eigenvalue weighted by molar-refractivity contribution is 0.0322. The minimum Gasteiger partial charge on any atom is -0.385 e. The summed E-state index contributed by atoms with van der Waals surface area (Å²) in [6.45, 7) is 2.25. The van der Waals surface area contributed by atoms with Crippen molar-refractivity contribution < 1.29 is 5.11 Å². The van der Waals surface area contributed by atoms with Gasteiger partial charge in [0.05, 0.1) is 5.60 Å². The molecule has 2 aromatic rings. The maximum atomic E-state index is 11.0. The molecule has 1 unspecified atom stereocenters. The van der Waals surface area contributed by atoms with Crippen molar-refractivity contribution in [1.29, 1.82) is 0 Å². The van der Waals surface area contributed by atoms with Crippen molar-refractivity contribution >= 4 is 11.8 Å². The summed E-state index contributed by atoms with van der Waals surface area (Å²) in [5.74, 6) is 2.33. The van der Waals surface area contributed by atoms with E-state index in [0.717, 1.165) is 37.4 Å². The van der Waals surface area contributed by atoms with E-state index in [2.05, 4.69) is 47.4 Å². The van der Waals surface area contributed by atoms with Gasteiger partial charge in [0.25, 0.3) is 0 Å². The molecule has 1 saturated carbocycles. The lowest BCUT2D eigenvalue weighted by atomic mass is 9.90. The fourth-order valence-electron chi connectivity index (χ4n) is 4.22. The zero-order valence-corrected chi connectivity index (χ0v) is 14.1. The van der Waals surface area contributed by atoms with Crippen molar-refractivity contribution in [3.8, 4) is 0 Å². The van der Waals surface area contributed by atoms with Gasteiger partial charge in [0.15, 0.2) is 0 Å². The molecule has 1 N–H and O–H groups in total. The van der Waals surface area contributed by atoms with Gasteiger partial charge in [-0.15, -0.1) is 11.8 Å². The molecule has 2 nitrogen and oxygen atoms in total. The number of benzene rings is 2. The smallest absolute Gasteiger partial charge is 0.0903 e. The molecule has 1 aliphatic carbocycles. The largest absolute Gasteiger partial charge is 0.385 e. The Morgan fingerprint density at radius 3 is 2.09 bits per heavy atom. The van der Waals surface area contributed by atoms with Gasteiger partial charge in [-0.05, 0) is 42.4 Å². The number of thioether (sulfide) groups is 1. The normalized spacial score (nSPS) is 30.5. The van der Waals surface area contributed by atoms with E-state index in [1.54, 1.807) is 0 Å². The molecule has 2 aromatic carbocycles. The Morgan fingerprint density at radius 2 is 1.48 bits per heavy atom. The van der Waals surface area contributed by atoms with Crippen molar-refractivity contribution in [3.05, 3.63) is 66.2 Å². The van der Waals surface area contributed by atoms with Crippen LogP contribution in [0.3, 0.4) is 0 Å². The maximum absolute atomic E-state index is 11.0. The highest BCUT2D eigenvalue weighted by atomic mass is 32.2. The van der Waals surface area contributed by atoms with Crippen LogP contribution in [-0.2, 0) is 5.60 Å². The van der Waals surface area contributed by atoms with Gasteiger partial charge in [-0.1, -0.05) is 48.5 Å². The Kier molecular flexibility index (Phi) is 4.18. The number of hydrogen-bond donors (Lipinski definition) is 1. The number of aliphatic hydroxyl groups is 1. The second-order valence-corrected chi connectivity index (χ2v) is 7.97. The molecule has 0 spiro atoms. The summed E-state index contributed by atoms with van der Waals surface area (Å²) < 4.78 is 0. The van der Waals surface area contributed by atoms with E-state index in [1.165, 1.54) is 4.90 Å². The number of rotatable bonds is 4. The Hall–Kier alpha value is -1.29. The second-order valence-electron chi connectivity index (χ2n) is 6.95. The van der Waals surface area contributed by atoms with Gasteiger partial charge in [-0.2, -0.15) is 0 Å². The van der Waals surface area contributed by atoms with Crippen molar-refractivity contribution in [2.75, 3.05) is 19.0 Å². The average molecular weight is 325 g/mol. The Balaban J connectivity index is 1.35.